The molecule has 146 valence electrons. The number of benzene rings is 1. The number of hydrogen-bond acceptors (Lipinski definition) is 7. The number of carbonyl (C=O) groups excluding carboxylic acids is 1. The van der Waals surface area contributed by atoms with Crippen molar-refractivity contribution in [2.24, 2.45) is 0 Å². The number of nitrogens with zero attached hydrogens (tertiary/aromatic N) is 5. The monoisotopic (exact) mass is 380 g/mol. The molecule has 0 aliphatic heterocycles. The highest BCUT2D eigenvalue weighted by molar-refractivity contribution is 5.93. The van der Waals surface area contributed by atoms with Crippen LogP contribution in [0.4, 0.5) is 17.2 Å². The van der Waals surface area contributed by atoms with Crippen molar-refractivity contribution < 1.29 is 4.79 Å². The van der Waals surface area contributed by atoms with Gasteiger partial charge in [-0.25, -0.2) is 14.6 Å². The first kappa shape index (κ1) is 19.3. The van der Waals surface area contributed by atoms with E-state index < -0.39 is 0 Å². The van der Waals surface area contributed by atoms with Crippen LogP contribution in [0.3, 0.4) is 0 Å². The molecule has 9 heteroatoms. The predicted octanol–water partition coefficient (Wildman–Crippen LogP) is 1.94. The highest BCUT2D eigenvalue weighted by Gasteiger charge is 2.08. The Morgan fingerprint density at radius 2 is 2.04 bits per heavy atom. The van der Waals surface area contributed by atoms with Gasteiger partial charge in [-0.15, -0.1) is 5.10 Å². The second kappa shape index (κ2) is 8.94. The third kappa shape index (κ3) is 5.26. The van der Waals surface area contributed by atoms with E-state index in [1.54, 1.807) is 29.9 Å². The molecule has 3 aromatic rings. The Balaban J connectivity index is 1.42. The smallest absolute Gasteiger partial charge is 0.224 e. The van der Waals surface area contributed by atoms with Gasteiger partial charge in [0.05, 0.1) is 23.6 Å². The van der Waals surface area contributed by atoms with Gasteiger partial charge in [-0.05, 0) is 38.3 Å². The van der Waals surface area contributed by atoms with Gasteiger partial charge >= 0.3 is 0 Å². The lowest BCUT2D eigenvalue weighted by molar-refractivity contribution is -0.116. The number of nitrogen functional groups attached to an aromatic ring is 2. The van der Waals surface area contributed by atoms with Crippen molar-refractivity contribution in [3.05, 3.63) is 53.7 Å². The fraction of sp³-hybridized carbons (Fsp3) is 0.316. The quantitative estimate of drug-likeness (QED) is 0.401. The van der Waals surface area contributed by atoms with E-state index in [1.165, 1.54) is 0 Å². The number of amides is 1. The second-order valence-corrected chi connectivity index (χ2v) is 6.58. The van der Waals surface area contributed by atoms with Gasteiger partial charge in [0.1, 0.15) is 11.6 Å². The Hall–Kier alpha value is -3.49. The highest BCUT2D eigenvalue weighted by atomic mass is 16.1. The molecule has 0 radical (unpaired) electrons. The summed E-state index contributed by atoms with van der Waals surface area (Å²) >= 11 is 0. The van der Waals surface area contributed by atoms with E-state index in [9.17, 15) is 4.79 Å². The van der Waals surface area contributed by atoms with Gasteiger partial charge in [0, 0.05) is 24.4 Å². The number of rotatable bonds is 8. The normalized spacial score (nSPS) is 10.8. The van der Waals surface area contributed by atoms with E-state index in [2.05, 4.69) is 25.6 Å². The molecule has 0 spiro atoms. The van der Waals surface area contributed by atoms with Gasteiger partial charge in [-0.1, -0.05) is 17.3 Å². The van der Waals surface area contributed by atoms with E-state index in [4.69, 9.17) is 11.5 Å². The van der Waals surface area contributed by atoms with Crippen LogP contribution in [0.15, 0.2) is 36.7 Å². The summed E-state index contributed by atoms with van der Waals surface area (Å²) < 4.78 is 1.71. The minimum atomic E-state index is -0.0450. The first-order chi connectivity index (χ1) is 13.5. The van der Waals surface area contributed by atoms with Gasteiger partial charge in [0.2, 0.25) is 5.91 Å². The van der Waals surface area contributed by atoms with Crippen LogP contribution in [0.5, 0.6) is 0 Å². The van der Waals surface area contributed by atoms with Crippen molar-refractivity contribution in [3.8, 4) is 0 Å². The minimum absolute atomic E-state index is 0.0450. The maximum Gasteiger partial charge on any atom is 0.224 e. The standard InChI is InChI=1S/C19H24N8O/c1-13-22-10-14(19(21)23-13)11-27-12-15(25-26-27)6-2-5-9-18(28)24-17-8-4-3-7-16(17)20/h3-4,7-8,10,12H,2,5-6,9,11,20H2,1H3,(H,24,28)(H2,21,22,23). The van der Waals surface area contributed by atoms with Crippen molar-refractivity contribution >= 4 is 23.1 Å². The zero-order chi connectivity index (χ0) is 19.9. The Labute approximate surface area is 163 Å². The molecule has 0 aliphatic rings. The molecular weight excluding hydrogens is 356 g/mol. The van der Waals surface area contributed by atoms with Gasteiger partial charge in [0.15, 0.2) is 0 Å². The molecule has 0 saturated heterocycles. The van der Waals surface area contributed by atoms with Crippen molar-refractivity contribution in [2.75, 3.05) is 16.8 Å². The Bertz CT molecular complexity index is 953. The third-order valence-corrected chi connectivity index (χ3v) is 4.26. The number of anilines is 3. The summed E-state index contributed by atoms with van der Waals surface area (Å²) in [6, 6.07) is 7.22. The van der Waals surface area contributed by atoms with Crippen LogP contribution >= 0.6 is 0 Å². The Morgan fingerprint density at radius 3 is 2.82 bits per heavy atom. The van der Waals surface area contributed by atoms with E-state index in [0.29, 0.717) is 36.0 Å². The number of aryl methyl sites for hydroxylation is 2. The number of hydrogen-bond donors (Lipinski definition) is 3. The zero-order valence-corrected chi connectivity index (χ0v) is 15.8. The van der Waals surface area contributed by atoms with E-state index >= 15 is 0 Å². The maximum atomic E-state index is 12.0. The molecule has 0 unspecified atom stereocenters. The molecule has 2 heterocycles. The molecule has 0 atom stereocenters. The lowest BCUT2D eigenvalue weighted by atomic mass is 10.1. The number of nitrogens with two attached hydrogens (primary N) is 2. The van der Waals surface area contributed by atoms with Gasteiger partial charge < -0.3 is 16.8 Å². The average Bonchev–Trinajstić information content (AvgIpc) is 3.10. The topological polar surface area (TPSA) is 138 Å². The minimum Gasteiger partial charge on any atom is -0.397 e. The van der Waals surface area contributed by atoms with Crippen molar-refractivity contribution in [2.45, 2.75) is 39.2 Å². The number of aromatic nitrogens is 5. The molecule has 9 nitrogen and oxygen atoms in total. The summed E-state index contributed by atoms with van der Waals surface area (Å²) in [5.41, 5.74) is 14.6. The number of para-hydroxylation sites is 2. The highest BCUT2D eigenvalue weighted by Crippen LogP contribution is 2.17. The van der Waals surface area contributed by atoms with Crippen molar-refractivity contribution in [1.82, 2.24) is 25.0 Å². The molecule has 0 saturated carbocycles. The van der Waals surface area contributed by atoms with Crippen molar-refractivity contribution in [3.63, 3.8) is 0 Å². The van der Waals surface area contributed by atoms with Crippen LogP contribution in [-0.4, -0.2) is 30.9 Å². The fourth-order valence-electron chi connectivity index (χ4n) is 2.75. The first-order valence-electron chi connectivity index (χ1n) is 9.12. The van der Waals surface area contributed by atoms with Crippen molar-refractivity contribution in [1.29, 1.82) is 0 Å². The average molecular weight is 380 g/mol. The van der Waals surface area contributed by atoms with Crippen LogP contribution in [0.1, 0.15) is 36.3 Å². The predicted molar refractivity (Wildman–Crippen MR) is 107 cm³/mol. The van der Waals surface area contributed by atoms with Gasteiger partial charge in [-0.2, -0.15) is 0 Å². The van der Waals surface area contributed by atoms with Crippen LogP contribution in [0, 0.1) is 6.92 Å². The van der Waals surface area contributed by atoms with Crippen LogP contribution in [0.2, 0.25) is 0 Å². The molecule has 28 heavy (non-hydrogen) atoms. The molecule has 1 aromatic carbocycles. The molecule has 1 amide bonds. The Kier molecular flexibility index (Phi) is 6.15. The fourth-order valence-corrected chi connectivity index (χ4v) is 2.75. The van der Waals surface area contributed by atoms with Crippen LogP contribution < -0.4 is 16.8 Å². The second-order valence-electron chi connectivity index (χ2n) is 6.58. The van der Waals surface area contributed by atoms with Crippen LogP contribution in [-0.2, 0) is 17.8 Å². The molecule has 0 aliphatic carbocycles. The summed E-state index contributed by atoms with van der Waals surface area (Å²) in [4.78, 5) is 20.3. The number of carbonyl (C=O) groups is 1. The molecule has 3 rings (SSSR count). The molecule has 0 bridgehead atoms. The molecule has 5 N–H and O–H groups in total. The first-order valence-corrected chi connectivity index (χ1v) is 9.12. The largest absolute Gasteiger partial charge is 0.397 e. The molecule has 2 aromatic heterocycles. The summed E-state index contributed by atoms with van der Waals surface area (Å²) in [5, 5.41) is 11.1. The van der Waals surface area contributed by atoms with E-state index in [-0.39, 0.29) is 5.91 Å². The SMILES string of the molecule is Cc1ncc(Cn2cc(CCCCC(=O)Nc3ccccc3N)nn2)c(N)n1. The van der Waals surface area contributed by atoms with Gasteiger partial charge in [0.25, 0.3) is 0 Å². The lowest BCUT2D eigenvalue weighted by Gasteiger charge is -2.07. The summed E-state index contributed by atoms with van der Waals surface area (Å²) in [6.45, 7) is 2.27. The third-order valence-electron chi connectivity index (χ3n) is 4.26. The Morgan fingerprint density at radius 1 is 1.21 bits per heavy atom. The summed E-state index contributed by atoms with van der Waals surface area (Å²) in [7, 11) is 0. The summed E-state index contributed by atoms with van der Waals surface area (Å²) in [6.07, 6.45) is 6.36. The van der Waals surface area contributed by atoms with Crippen LogP contribution in [0.25, 0.3) is 0 Å². The molecular formula is C19H24N8O. The van der Waals surface area contributed by atoms with E-state index in [1.807, 2.05) is 18.3 Å². The lowest BCUT2D eigenvalue weighted by Crippen LogP contribution is -2.12. The molecule has 0 fully saturated rings. The number of nitrogens with one attached hydrogen (secondary N) is 1. The summed E-state index contributed by atoms with van der Waals surface area (Å²) in [5.74, 6) is 1.05. The maximum absolute atomic E-state index is 12.0. The number of unbranched alkanes of at least 4 members (excludes halogenated alkanes) is 1. The van der Waals surface area contributed by atoms with Gasteiger partial charge in [-0.3, -0.25) is 4.79 Å². The van der Waals surface area contributed by atoms with E-state index in [0.717, 1.165) is 30.5 Å². The zero-order valence-electron chi connectivity index (χ0n) is 15.8.